The molecule has 1 aromatic carbocycles. The number of hydrogen-bond acceptors (Lipinski definition) is 4. The first kappa shape index (κ1) is 13.6. The molecule has 1 aromatic rings. The summed E-state index contributed by atoms with van der Waals surface area (Å²) in [4.78, 5) is 36.4. The molecule has 5 nitrogen and oxygen atoms in total. The van der Waals surface area contributed by atoms with E-state index >= 15 is 0 Å². The quantitative estimate of drug-likeness (QED) is 0.842. The predicted molar refractivity (Wildman–Crippen MR) is 73.3 cm³/mol. The van der Waals surface area contributed by atoms with Gasteiger partial charge in [-0.3, -0.25) is 14.4 Å². The number of benzene rings is 1. The van der Waals surface area contributed by atoms with Crippen LogP contribution in [-0.2, 0) is 9.59 Å². The molecule has 2 rings (SSSR count). The largest absolute Gasteiger partial charge is 0.368 e. The van der Waals surface area contributed by atoms with Crippen molar-refractivity contribution in [2.45, 2.75) is 23.5 Å². The Hall–Kier alpha value is -1.82. The Morgan fingerprint density at radius 3 is 2.74 bits per heavy atom. The lowest BCUT2D eigenvalue weighted by Gasteiger charge is -2.37. The molecule has 0 aromatic heterocycles. The predicted octanol–water partition coefficient (Wildman–Crippen LogP) is 1.20. The Kier molecular flexibility index (Phi) is 3.36. The summed E-state index contributed by atoms with van der Waals surface area (Å²) < 4.78 is -0.691. The first-order chi connectivity index (χ1) is 8.85. The zero-order chi connectivity index (χ0) is 14.2. The summed E-state index contributed by atoms with van der Waals surface area (Å²) in [5.41, 5.74) is 6.35. The smallest absolute Gasteiger partial charge is 0.243 e. The van der Waals surface area contributed by atoms with E-state index in [2.05, 4.69) is 0 Å². The molecule has 0 bridgehead atoms. The van der Waals surface area contributed by atoms with E-state index in [1.807, 2.05) is 0 Å². The van der Waals surface area contributed by atoms with Crippen LogP contribution in [0.1, 0.15) is 24.2 Å². The van der Waals surface area contributed by atoms with Gasteiger partial charge in [0.15, 0.2) is 0 Å². The Morgan fingerprint density at radius 2 is 2.16 bits per heavy atom. The summed E-state index contributed by atoms with van der Waals surface area (Å²) in [6, 6.07) is 5.00. The fraction of sp³-hybridized carbons (Fsp3) is 0.308. The maximum Gasteiger partial charge on any atom is 0.243 e. The van der Waals surface area contributed by atoms with Gasteiger partial charge in [-0.25, -0.2) is 0 Å². The Balaban J connectivity index is 2.53. The molecule has 2 amide bonds. The van der Waals surface area contributed by atoms with Crippen LogP contribution in [0.15, 0.2) is 23.1 Å². The second-order valence-corrected chi connectivity index (χ2v) is 6.48. The second kappa shape index (κ2) is 4.70. The third kappa shape index (κ3) is 2.49. The lowest BCUT2D eigenvalue weighted by atomic mass is 10.1. The molecule has 0 spiro atoms. The number of aldehydes is 1. The van der Waals surface area contributed by atoms with Gasteiger partial charge >= 0.3 is 0 Å². The zero-order valence-electron chi connectivity index (χ0n) is 10.7. The molecule has 100 valence electrons. The highest BCUT2D eigenvalue weighted by Crippen LogP contribution is 2.45. The van der Waals surface area contributed by atoms with Crippen LogP contribution in [0, 0.1) is 0 Å². The van der Waals surface area contributed by atoms with Crippen molar-refractivity contribution in [1.29, 1.82) is 0 Å². The zero-order valence-corrected chi connectivity index (χ0v) is 11.5. The summed E-state index contributed by atoms with van der Waals surface area (Å²) in [6.45, 7) is 3.41. The minimum Gasteiger partial charge on any atom is -0.368 e. The third-order valence-corrected chi connectivity index (χ3v) is 4.08. The Labute approximate surface area is 115 Å². The lowest BCUT2D eigenvalue weighted by Crippen LogP contribution is -2.49. The summed E-state index contributed by atoms with van der Waals surface area (Å²) in [5.74, 6) is -0.732. The molecule has 19 heavy (non-hydrogen) atoms. The van der Waals surface area contributed by atoms with E-state index in [1.54, 1.807) is 32.0 Å². The Morgan fingerprint density at radius 1 is 1.47 bits per heavy atom. The van der Waals surface area contributed by atoms with Crippen molar-refractivity contribution in [3.8, 4) is 0 Å². The van der Waals surface area contributed by atoms with Gasteiger partial charge in [0, 0.05) is 10.5 Å². The van der Waals surface area contributed by atoms with Crippen molar-refractivity contribution in [3.05, 3.63) is 23.8 Å². The number of anilines is 1. The average Bonchev–Trinajstić information content (AvgIpc) is 2.33. The first-order valence-electron chi connectivity index (χ1n) is 5.73. The number of nitrogens with two attached hydrogens (primary N) is 1. The van der Waals surface area contributed by atoms with Gasteiger partial charge in [0.25, 0.3) is 0 Å². The molecule has 0 unspecified atom stereocenters. The monoisotopic (exact) mass is 278 g/mol. The van der Waals surface area contributed by atoms with Crippen LogP contribution in [0.5, 0.6) is 0 Å². The number of rotatable bonds is 3. The maximum absolute atomic E-state index is 12.3. The van der Waals surface area contributed by atoms with Gasteiger partial charge in [-0.1, -0.05) is 0 Å². The SMILES string of the molecule is CC1(C)Sc2cc(C=O)ccc2N(CC(N)=O)C1=O. The minimum atomic E-state index is -0.691. The van der Waals surface area contributed by atoms with Gasteiger partial charge in [-0.15, -0.1) is 11.8 Å². The first-order valence-corrected chi connectivity index (χ1v) is 6.55. The summed E-state index contributed by atoms with van der Waals surface area (Å²) in [5, 5.41) is 0. The van der Waals surface area contributed by atoms with Crippen LogP contribution >= 0.6 is 11.8 Å². The highest BCUT2D eigenvalue weighted by molar-refractivity contribution is 8.01. The summed E-state index contributed by atoms with van der Waals surface area (Å²) >= 11 is 1.38. The van der Waals surface area contributed by atoms with Crippen molar-refractivity contribution < 1.29 is 14.4 Å². The molecular weight excluding hydrogens is 264 g/mol. The molecule has 0 radical (unpaired) electrons. The van der Waals surface area contributed by atoms with E-state index in [-0.39, 0.29) is 12.5 Å². The molecule has 0 aliphatic carbocycles. The molecule has 6 heteroatoms. The highest BCUT2D eigenvalue weighted by atomic mass is 32.2. The molecule has 0 fully saturated rings. The fourth-order valence-electron chi connectivity index (χ4n) is 1.97. The van der Waals surface area contributed by atoms with Crippen molar-refractivity contribution in [2.24, 2.45) is 5.73 Å². The van der Waals surface area contributed by atoms with Gasteiger partial charge < -0.3 is 10.6 Å². The van der Waals surface area contributed by atoms with E-state index in [0.29, 0.717) is 11.3 Å². The van der Waals surface area contributed by atoms with Gasteiger partial charge in [-0.2, -0.15) is 0 Å². The van der Waals surface area contributed by atoms with Gasteiger partial charge in [0.05, 0.1) is 10.4 Å². The summed E-state index contributed by atoms with van der Waals surface area (Å²) in [6.07, 6.45) is 0.753. The molecular formula is C13H14N2O3S. The highest BCUT2D eigenvalue weighted by Gasteiger charge is 2.40. The number of fused-ring (bicyclic) bond motifs is 1. The van der Waals surface area contributed by atoms with E-state index in [4.69, 9.17) is 5.73 Å². The normalized spacial score (nSPS) is 16.9. The molecule has 2 N–H and O–H groups in total. The average molecular weight is 278 g/mol. The van der Waals surface area contributed by atoms with Crippen LogP contribution in [0.25, 0.3) is 0 Å². The van der Waals surface area contributed by atoms with Gasteiger partial charge in [-0.05, 0) is 32.0 Å². The number of carbonyl (C=O) groups is 3. The molecule has 0 saturated heterocycles. The molecule has 1 heterocycles. The Bertz CT molecular complexity index is 569. The van der Waals surface area contributed by atoms with E-state index < -0.39 is 10.7 Å². The van der Waals surface area contributed by atoms with Crippen LogP contribution in [0.3, 0.4) is 0 Å². The minimum absolute atomic E-state index is 0.156. The topological polar surface area (TPSA) is 80.5 Å². The van der Waals surface area contributed by atoms with Crippen LogP contribution in [0.2, 0.25) is 0 Å². The van der Waals surface area contributed by atoms with Crippen molar-refractivity contribution in [2.75, 3.05) is 11.4 Å². The molecule has 1 aliphatic heterocycles. The standard InChI is InChI=1S/C13H14N2O3S/c1-13(2)12(18)15(6-11(14)17)9-4-3-8(7-16)5-10(9)19-13/h3-5,7H,6H2,1-2H3,(H2,14,17). The number of carbonyl (C=O) groups excluding carboxylic acids is 3. The number of thioether (sulfide) groups is 1. The van der Waals surface area contributed by atoms with E-state index in [9.17, 15) is 14.4 Å². The molecule has 0 atom stereocenters. The maximum atomic E-state index is 12.3. The van der Waals surface area contributed by atoms with Gasteiger partial charge in [0.2, 0.25) is 11.8 Å². The number of amides is 2. The van der Waals surface area contributed by atoms with Crippen LogP contribution < -0.4 is 10.6 Å². The van der Waals surface area contributed by atoms with Gasteiger partial charge in [0.1, 0.15) is 12.8 Å². The van der Waals surface area contributed by atoms with Crippen LogP contribution in [-0.4, -0.2) is 29.4 Å². The molecule has 1 aliphatic rings. The van der Waals surface area contributed by atoms with Crippen molar-refractivity contribution in [1.82, 2.24) is 0 Å². The van der Waals surface area contributed by atoms with Crippen molar-refractivity contribution in [3.63, 3.8) is 0 Å². The van der Waals surface area contributed by atoms with Crippen molar-refractivity contribution >= 4 is 35.5 Å². The fourth-order valence-corrected chi connectivity index (χ4v) is 3.20. The number of hydrogen-bond donors (Lipinski definition) is 1. The van der Waals surface area contributed by atoms with E-state index in [1.165, 1.54) is 16.7 Å². The second-order valence-electron chi connectivity index (χ2n) is 4.81. The van der Waals surface area contributed by atoms with E-state index in [0.717, 1.165) is 11.2 Å². The lowest BCUT2D eigenvalue weighted by molar-refractivity contribution is -0.123. The summed E-state index contributed by atoms with van der Waals surface area (Å²) in [7, 11) is 0. The third-order valence-electron chi connectivity index (χ3n) is 2.85. The van der Waals surface area contributed by atoms with Crippen LogP contribution in [0.4, 0.5) is 5.69 Å². The molecule has 0 saturated carbocycles. The number of nitrogens with zero attached hydrogens (tertiary/aromatic N) is 1. The number of primary amides is 1.